The van der Waals surface area contributed by atoms with Gasteiger partial charge in [-0.25, -0.2) is 9.78 Å². The van der Waals surface area contributed by atoms with E-state index in [2.05, 4.69) is 4.98 Å². The SMILES string of the molecule is COc1ccc(OC)c(-c2nc(C3CC3)c(C(=O)O)o2)c1. The normalized spacial score (nSPS) is 14.0. The Labute approximate surface area is 121 Å². The molecule has 2 aromatic rings. The van der Waals surface area contributed by atoms with Crippen LogP contribution in [-0.2, 0) is 0 Å². The number of methoxy groups -OCH3 is 2. The van der Waals surface area contributed by atoms with Crippen molar-refractivity contribution in [1.29, 1.82) is 0 Å². The van der Waals surface area contributed by atoms with Crippen LogP contribution in [0.4, 0.5) is 0 Å². The van der Waals surface area contributed by atoms with Crippen LogP contribution in [0.1, 0.15) is 35.0 Å². The van der Waals surface area contributed by atoms with Gasteiger partial charge in [-0.15, -0.1) is 0 Å². The van der Waals surface area contributed by atoms with E-state index in [0.29, 0.717) is 22.8 Å². The first kappa shape index (κ1) is 13.5. The summed E-state index contributed by atoms with van der Waals surface area (Å²) in [5.41, 5.74) is 1.09. The van der Waals surface area contributed by atoms with Crippen LogP contribution in [0.5, 0.6) is 11.5 Å². The van der Waals surface area contributed by atoms with Gasteiger partial charge in [0.05, 0.1) is 25.5 Å². The van der Waals surface area contributed by atoms with Crippen molar-refractivity contribution in [2.24, 2.45) is 0 Å². The summed E-state index contributed by atoms with van der Waals surface area (Å²) in [4.78, 5) is 15.7. The second-order valence-corrected chi connectivity index (χ2v) is 4.88. The molecule has 1 aliphatic carbocycles. The molecule has 3 rings (SSSR count). The van der Waals surface area contributed by atoms with E-state index in [1.54, 1.807) is 25.3 Å². The Bertz CT molecular complexity index is 687. The lowest BCUT2D eigenvalue weighted by molar-refractivity contribution is 0.0661. The number of ether oxygens (including phenoxy) is 2. The minimum atomic E-state index is -1.10. The summed E-state index contributed by atoms with van der Waals surface area (Å²) < 4.78 is 15.9. The molecule has 0 saturated heterocycles. The number of aromatic nitrogens is 1. The number of benzene rings is 1. The molecule has 0 atom stereocenters. The molecule has 110 valence electrons. The Morgan fingerprint density at radius 3 is 2.67 bits per heavy atom. The summed E-state index contributed by atoms with van der Waals surface area (Å²) in [6, 6.07) is 5.20. The molecule has 0 radical (unpaired) electrons. The summed E-state index contributed by atoms with van der Waals surface area (Å²) >= 11 is 0. The van der Waals surface area contributed by atoms with Crippen molar-refractivity contribution in [2.45, 2.75) is 18.8 Å². The van der Waals surface area contributed by atoms with Crippen molar-refractivity contribution in [3.63, 3.8) is 0 Å². The van der Waals surface area contributed by atoms with Gasteiger partial charge in [-0.2, -0.15) is 0 Å². The highest BCUT2D eigenvalue weighted by atomic mass is 16.5. The molecule has 6 nitrogen and oxygen atoms in total. The van der Waals surface area contributed by atoms with Gasteiger partial charge < -0.3 is 19.0 Å². The predicted molar refractivity (Wildman–Crippen MR) is 74.0 cm³/mol. The first-order valence-electron chi connectivity index (χ1n) is 6.60. The Morgan fingerprint density at radius 2 is 2.10 bits per heavy atom. The van der Waals surface area contributed by atoms with Crippen molar-refractivity contribution in [1.82, 2.24) is 4.98 Å². The van der Waals surface area contributed by atoms with E-state index in [0.717, 1.165) is 12.8 Å². The van der Waals surface area contributed by atoms with Gasteiger partial charge in [-0.3, -0.25) is 0 Å². The van der Waals surface area contributed by atoms with Crippen molar-refractivity contribution in [3.8, 4) is 23.0 Å². The standard InChI is InChI=1S/C15H15NO5/c1-19-9-5-6-11(20-2)10(7-9)14-16-12(8-3-4-8)13(21-14)15(17)18/h5-8H,3-4H2,1-2H3,(H,17,18). The number of rotatable bonds is 5. The Balaban J connectivity index is 2.11. The molecule has 1 aromatic carbocycles. The van der Waals surface area contributed by atoms with Crippen LogP contribution < -0.4 is 9.47 Å². The molecule has 0 aliphatic heterocycles. The molecule has 0 bridgehead atoms. The first-order valence-corrected chi connectivity index (χ1v) is 6.60. The fraction of sp³-hybridized carbons (Fsp3) is 0.333. The maximum Gasteiger partial charge on any atom is 0.373 e. The Kier molecular flexibility index (Phi) is 3.29. The van der Waals surface area contributed by atoms with Crippen LogP contribution in [-0.4, -0.2) is 30.3 Å². The Hall–Kier alpha value is -2.50. The highest BCUT2D eigenvalue weighted by molar-refractivity contribution is 5.86. The molecule has 0 amide bonds. The molecule has 1 aromatic heterocycles. The van der Waals surface area contributed by atoms with Crippen molar-refractivity contribution in [3.05, 3.63) is 29.7 Å². The second-order valence-electron chi connectivity index (χ2n) is 4.88. The van der Waals surface area contributed by atoms with Gasteiger partial charge >= 0.3 is 5.97 Å². The third-order valence-corrected chi connectivity index (χ3v) is 3.45. The van der Waals surface area contributed by atoms with E-state index in [1.165, 1.54) is 7.11 Å². The first-order chi connectivity index (χ1) is 10.1. The van der Waals surface area contributed by atoms with Gasteiger partial charge in [0, 0.05) is 5.92 Å². The van der Waals surface area contributed by atoms with Gasteiger partial charge in [-0.1, -0.05) is 0 Å². The van der Waals surface area contributed by atoms with E-state index in [1.807, 2.05) is 0 Å². The largest absolute Gasteiger partial charge is 0.497 e. The topological polar surface area (TPSA) is 81.8 Å². The van der Waals surface area contributed by atoms with E-state index < -0.39 is 5.97 Å². The summed E-state index contributed by atoms with van der Waals surface area (Å²) in [6.45, 7) is 0. The van der Waals surface area contributed by atoms with Crippen molar-refractivity contribution >= 4 is 5.97 Å². The molecular formula is C15H15NO5. The zero-order valence-electron chi connectivity index (χ0n) is 11.8. The minimum Gasteiger partial charge on any atom is -0.497 e. The fourth-order valence-electron chi connectivity index (χ4n) is 2.22. The number of hydrogen-bond donors (Lipinski definition) is 1. The van der Waals surface area contributed by atoms with Crippen molar-refractivity contribution in [2.75, 3.05) is 14.2 Å². The van der Waals surface area contributed by atoms with Crippen LogP contribution in [0.15, 0.2) is 22.6 Å². The van der Waals surface area contributed by atoms with Crippen LogP contribution in [0, 0.1) is 0 Å². The van der Waals surface area contributed by atoms with Crippen LogP contribution in [0.25, 0.3) is 11.5 Å². The zero-order valence-corrected chi connectivity index (χ0v) is 11.8. The van der Waals surface area contributed by atoms with E-state index in [9.17, 15) is 9.90 Å². The fourth-order valence-corrected chi connectivity index (χ4v) is 2.22. The molecule has 1 aliphatic rings. The van der Waals surface area contributed by atoms with Gasteiger partial charge in [0.15, 0.2) is 0 Å². The molecule has 1 heterocycles. The molecule has 1 fully saturated rings. The number of carbonyl (C=O) groups is 1. The number of aromatic carboxylic acids is 1. The smallest absolute Gasteiger partial charge is 0.373 e. The van der Waals surface area contributed by atoms with Gasteiger partial charge in [-0.05, 0) is 31.0 Å². The molecule has 1 saturated carbocycles. The summed E-state index contributed by atoms with van der Waals surface area (Å²) in [7, 11) is 3.09. The minimum absolute atomic E-state index is 0.0858. The van der Waals surface area contributed by atoms with Gasteiger partial charge in [0.1, 0.15) is 11.5 Å². The predicted octanol–water partition coefficient (Wildman–Crippen LogP) is 2.93. The monoisotopic (exact) mass is 289 g/mol. The molecule has 6 heteroatoms. The van der Waals surface area contributed by atoms with Crippen LogP contribution in [0.3, 0.4) is 0 Å². The van der Waals surface area contributed by atoms with E-state index in [4.69, 9.17) is 13.9 Å². The highest BCUT2D eigenvalue weighted by Gasteiger charge is 2.34. The third kappa shape index (κ3) is 2.44. The molecule has 1 N–H and O–H groups in total. The van der Waals surface area contributed by atoms with Gasteiger partial charge in [0.2, 0.25) is 11.7 Å². The lowest BCUT2D eigenvalue weighted by Gasteiger charge is -2.07. The summed E-state index contributed by atoms with van der Waals surface area (Å²) in [5, 5.41) is 9.24. The lowest BCUT2D eigenvalue weighted by Crippen LogP contribution is -1.98. The summed E-state index contributed by atoms with van der Waals surface area (Å²) in [5.74, 6) is 0.412. The maximum atomic E-state index is 11.3. The highest BCUT2D eigenvalue weighted by Crippen LogP contribution is 2.43. The number of nitrogens with zero attached hydrogens (tertiary/aromatic N) is 1. The van der Waals surface area contributed by atoms with E-state index in [-0.39, 0.29) is 17.6 Å². The number of carboxylic acids is 1. The van der Waals surface area contributed by atoms with Gasteiger partial charge in [0.25, 0.3) is 0 Å². The lowest BCUT2D eigenvalue weighted by atomic mass is 10.2. The van der Waals surface area contributed by atoms with Crippen LogP contribution in [0.2, 0.25) is 0 Å². The number of carboxylic acid groups (broad SMARTS) is 1. The summed E-state index contributed by atoms with van der Waals surface area (Å²) in [6.07, 6.45) is 1.89. The Morgan fingerprint density at radius 1 is 1.33 bits per heavy atom. The molecule has 0 spiro atoms. The quantitative estimate of drug-likeness (QED) is 0.911. The average molecular weight is 289 g/mol. The third-order valence-electron chi connectivity index (χ3n) is 3.45. The number of oxazole rings is 1. The molecule has 0 unspecified atom stereocenters. The molecule has 21 heavy (non-hydrogen) atoms. The molecular weight excluding hydrogens is 274 g/mol. The van der Waals surface area contributed by atoms with E-state index >= 15 is 0 Å². The van der Waals surface area contributed by atoms with Crippen molar-refractivity contribution < 1.29 is 23.8 Å². The van der Waals surface area contributed by atoms with Crippen LogP contribution >= 0.6 is 0 Å². The average Bonchev–Trinajstić information content (AvgIpc) is 3.24. The maximum absolute atomic E-state index is 11.3. The second kappa shape index (κ2) is 5.12. The number of hydrogen-bond acceptors (Lipinski definition) is 5. The zero-order chi connectivity index (χ0) is 15.0.